The normalized spacial score (nSPS) is 10.7. The summed E-state index contributed by atoms with van der Waals surface area (Å²) in [4.78, 5) is 11.1. The topological polar surface area (TPSA) is 26.3 Å². The average molecular weight is 239 g/mol. The number of esters is 1. The maximum absolute atomic E-state index is 11.1. The lowest BCUT2D eigenvalue weighted by Gasteiger charge is -1.99. The Morgan fingerprint density at radius 2 is 2.25 bits per heavy atom. The first-order valence-electron chi connectivity index (χ1n) is 5.21. The van der Waals surface area contributed by atoms with Gasteiger partial charge in [-0.2, -0.15) is 0 Å². The Morgan fingerprint density at radius 3 is 2.88 bits per heavy atom. The van der Waals surface area contributed by atoms with Crippen molar-refractivity contribution in [3.63, 3.8) is 0 Å². The van der Waals surface area contributed by atoms with Gasteiger partial charge in [-0.15, -0.1) is 0 Å². The Labute approximate surface area is 101 Å². The van der Waals surface area contributed by atoms with Gasteiger partial charge in [0.1, 0.15) is 0 Å². The van der Waals surface area contributed by atoms with Crippen LogP contribution in [0.1, 0.15) is 24.5 Å². The van der Waals surface area contributed by atoms with Crippen LogP contribution in [0.2, 0.25) is 5.02 Å². The van der Waals surface area contributed by atoms with Crippen molar-refractivity contribution in [3.05, 3.63) is 40.4 Å². The van der Waals surface area contributed by atoms with Gasteiger partial charge in [0.15, 0.2) is 0 Å². The van der Waals surface area contributed by atoms with Crippen LogP contribution in [0.25, 0.3) is 6.08 Å². The average Bonchev–Trinajstić information content (AvgIpc) is 2.24. The highest BCUT2D eigenvalue weighted by Gasteiger charge is 1.97. The molecule has 0 bridgehead atoms. The number of carbonyl (C=O) groups excluding carboxylic acids is 1. The highest BCUT2D eigenvalue weighted by atomic mass is 35.5. The second kappa shape index (κ2) is 6.33. The van der Waals surface area contributed by atoms with E-state index >= 15 is 0 Å². The van der Waals surface area contributed by atoms with E-state index in [0.717, 1.165) is 16.1 Å². The molecular weight excluding hydrogens is 224 g/mol. The summed E-state index contributed by atoms with van der Waals surface area (Å²) in [6.45, 7) is 4.17. The van der Waals surface area contributed by atoms with E-state index in [2.05, 4.69) is 0 Å². The highest BCUT2D eigenvalue weighted by molar-refractivity contribution is 6.31. The minimum atomic E-state index is -0.211. The Kier molecular flexibility index (Phi) is 5.06. The number of halogens is 1. The molecule has 0 saturated carbocycles. The predicted molar refractivity (Wildman–Crippen MR) is 66.5 cm³/mol. The fourth-order valence-corrected chi connectivity index (χ4v) is 1.41. The second-order valence-corrected chi connectivity index (χ2v) is 3.83. The number of ether oxygens (including phenoxy) is 1. The maximum atomic E-state index is 11.1. The quantitative estimate of drug-likeness (QED) is 0.749. The largest absolute Gasteiger partial charge is 0.466 e. The first-order chi connectivity index (χ1) is 7.63. The van der Waals surface area contributed by atoms with Crippen LogP contribution in [0, 0.1) is 6.92 Å². The number of rotatable bonds is 4. The van der Waals surface area contributed by atoms with E-state index in [-0.39, 0.29) is 5.97 Å². The van der Waals surface area contributed by atoms with Crippen LogP contribution in [-0.2, 0) is 9.53 Å². The van der Waals surface area contributed by atoms with Gasteiger partial charge < -0.3 is 4.74 Å². The summed E-state index contributed by atoms with van der Waals surface area (Å²) in [6.07, 6.45) is 3.93. The van der Waals surface area contributed by atoms with E-state index in [1.165, 1.54) is 0 Å². The van der Waals surface area contributed by atoms with Crippen molar-refractivity contribution in [2.75, 3.05) is 6.61 Å². The SMILES string of the molecule is CCOC(=O)CC=Cc1ccc(C)c(Cl)c1. The van der Waals surface area contributed by atoms with Crippen LogP contribution < -0.4 is 0 Å². The van der Waals surface area contributed by atoms with Crippen molar-refractivity contribution in [2.45, 2.75) is 20.3 Å². The fraction of sp³-hybridized carbons (Fsp3) is 0.308. The fourth-order valence-electron chi connectivity index (χ4n) is 1.22. The number of aryl methyl sites for hydroxylation is 1. The highest BCUT2D eigenvalue weighted by Crippen LogP contribution is 2.17. The summed E-state index contributed by atoms with van der Waals surface area (Å²) in [5.41, 5.74) is 2.03. The summed E-state index contributed by atoms with van der Waals surface area (Å²) in [7, 11) is 0. The summed E-state index contributed by atoms with van der Waals surface area (Å²) in [5.74, 6) is -0.211. The standard InChI is InChI=1S/C13H15ClO2/c1-3-16-13(15)6-4-5-11-8-7-10(2)12(14)9-11/h4-5,7-9H,3,6H2,1-2H3. The third-order valence-corrected chi connectivity index (χ3v) is 2.50. The summed E-state index contributed by atoms with van der Waals surface area (Å²) < 4.78 is 4.81. The van der Waals surface area contributed by atoms with Crippen LogP contribution in [0.4, 0.5) is 0 Å². The molecule has 0 saturated heterocycles. The molecule has 0 N–H and O–H groups in total. The minimum Gasteiger partial charge on any atom is -0.466 e. The summed E-state index contributed by atoms with van der Waals surface area (Å²) in [5, 5.41) is 0.735. The molecule has 0 amide bonds. The minimum absolute atomic E-state index is 0.211. The molecule has 0 aliphatic carbocycles. The van der Waals surface area contributed by atoms with Gasteiger partial charge in [-0.1, -0.05) is 35.9 Å². The van der Waals surface area contributed by atoms with Crippen LogP contribution in [-0.4, -0.2) is 12.6 Å². The van der Waals surface area contributed by atoms with Gasteiger partial charge in [-0.25, -0.2) is 0 Å². The number of hydrogen-bond donors (Lipinski definition) is 0. The smallest absolute Gasteiger partial charge is 0.309 e. The molecule has 2 nitrogen and oxygen atoms in total. The van der Waals surface area contributed by atoms with E-state index in [9.17, 15) is 4.79 Å². The molecule has 3 heteroatoms. The van der Waals surface area contributed by atoms with Gasteiger partial charge in [-0.05, 0) is 31.0 Å². The first kappa shape index (κ1) is 12.8. The molecule has 0 atom stereocenters. The molecule has 0 unspecified atom stereocenters. The molecule has 0 aliphatic heterocycles. The second-order valence-electron chi connectivity index (χ2n) is 3.42. The molecule has 0 spiro atoms. The molecule has 1 rings (SSSR count). The van der Waals surface area contributed by atoms with Crippen LogP contribution in [0.5, 0.6) is 0 Å². The van der Waals surface area contributed by atoms with Crippen LogP contribution in [0.3, 0.4) is 0 Å². The van der Waals surface area contributed by atoms with Crippen molar-refractivity contribution in [1.29, 1.82) is 0 Å². The number of carbonyl (C=O) groups is 1. The molecule has 16 heavy (non-hydrogen) atoms. The Hall–Kier alpha value is -1.28. The third kappa shape index (κ3) is 4.07. The Morgan fingerprint density at radius 1 is 1.50 bits per heavy atom. The Balaban J connectivity index is 2.56. The van der Waals surface area contributed by atoms with E-state index < -0.39 is 0 Å². The van der Waals surface area contributed by atoms with E-state index in [4.69, 9.17) is 16.3 Å². The third-order valence-electron chi connectivity index (χ3n) is 2.10. The lowest BCUT2D eigenvalue weighted by Crippen LogP contribution is -2.01. The van der Waals surface area contributed by atoms with Crippen LogP contribution in [0.15, 0.2) is 24.3 Å². The zero-order chi connectivity index (χ0) is 12.0. The molecule has 1 aromatic carbocycles. The Bertz CT molecular complexity index is 397. The van der Waals surface area contributed by atoms with Crippen molar-refractivity contribution in [1.82, 2.24) is 0 Å². The molecule has 0 aliphatic rings. The lowest BCUT2D eigenvalue weighted by molar-refractivity contribution is -0.142. The van der Waals surface area contributed by atoms with Crippen LogP contribution >= 0.6 is 11.6 Å². The molecule has 0 radical (unpaired) electrons. The monoisotopic (exact) mass is 238 g/mol. The van der Waals surface area contributed by atoms with E-state index in [1.54, 1.807) is 13.0 Å². The van der Waals surface area contributed by atoms with Crippen molar-refractivity contribution in [2.24, 2.45) is 0 Å². The van der Waals surface area contributed by atoms with Crippen molar-refractivity contribution in [3.8, 4) is 0 Å². The van der Waals surface area contributed by atoms with E-state index in [0.29, 0.717) is 13.0 Å². The number of hydrogen-bond acceptors (Lipinski definition) is 2. The van der Waals surface area contributed by atoms with Crippen molar-refractivity contribution >= 4 is 23.6 Å². The van der Waals surface area contributed by atoms with Gasteiger partial charge in [-0.3, -0.25) is 4.79 Å². The molecule has 0 aromatic heterocycles. The van der Waals surface area contributed by atoms with Gasteiger partial charge in [0.25, 0.3) is 0 Å². The van der Waals surface area contributed by atoms with E-state index in [1.807, 2.05) is 31.2 Å². The first-order valence-corrected chi connectivity index (χ1v) is 5.59. The van der Waals surface area contributed by atoms with Gasteiger partial charge in [0, 0.05) is 5.02 Å². The molecule has 1 aromatic rings. The van der Waals surface area contributed by atoms with Gasteiger partial charge >= 0.3 is 5.97 Å². The zero-order valence-corrected chi connectivity index (χ0v) is 10.3. The molecule has 0 fully saturated rings. The van der Waals surface area contributed by atoms with Crippen molar-refractivity contribution < 1.29 is 9.53 Å². The summed E-state index contributed by atoms with van der Waals surface area (Å²) in [6, 6.07) is 5.79. The number of benzene rings is 1. The molecule has 86 valence electrons. The predicted octanol–water partition coefficient (Wildman–Crippen LogP) is 3.61. The maximum Gasteiger partial charge on any atom is 0.309 e. The summed E-state index contributed by atoms with van der Waals surface area (Å²) >= 11 is 5.98. The molecule has 0 heterocycles. The zero-order valence-electron chi connectivity index (χ0n) is 9.50. The van der Waals surface area contributed by atoms with Gasteiger partial charge in [0.2, 0.25) is 0 Å². The lowest BCUT2D eigenvalue weighted by atomic mass is 10.1. The van der Waals surface area contributed by atoms with Gasteiger partial charge in [0.05, 0.1) is 13.0 Å². The molecular formula is C13H15ClO2.